The van der Waals surface area contributed by atoms with Crippen molar-refractivity contribution in [2.75, 3.05) is 0 Å². The summed E-state index contributed by atoms with van der Waals surface area (Å²) < 4.78 is 10.1. The number of hydrogen-bond acceptors (Lipinski definition) is 4. The van der Waals surface area contributed by atoms with Crippen molar-refractivity contribution < 1.29 is 8.94 Å². The average Bonchev–Trinajstić information content (AvgIpc) is 2.85. The fraction of sp³-hybridized carbons (Fsp3) is 0.333. The maximum Gasteiger partial charge on any atom is 0.249 e. The fourth-order valence-electron chi connectivity index (χ4n) is 1.20. The standard InChI is InChI=1S/C9H9ClN2O2/c1-2-6-8(5-10)14-9(11-6)7-3-4-13-12-7/h3-4H,2,5H2,1H3. The molecule has 0 atom stereocenters. The van der Waals surface area contributed by atoms with Gasteiger partial charge in [0.2, 0.25) is 5.89 Å². The molecule has 2 rings (SSSR count). The Morgan fingerprint density at radius 1 is 1.50 bits per heavy atom. The first kappa shape index (κ1) is 9.27. The van der Waals surface area contributed by atoms with Gasteiger partial charge in [-0.2, -0.15) is 0 Å². The lowest BCUT2D eigenvalue weighted by atomic mass is 10.3. The molecule has 0 saturated carbocycles. The van der Waals surface area contributed by atoms with Crippen molar-refractivity contribution in [1.82, 2.24) is 10.1 Å². The minimum Gasteiger partial charge on any atom is -0.438 e. The molecule has 0 spiro atoms. The van der Waals surface area contributed by atoms with E-state index in [1.807, 2.05) is 6.92 Å². The Balaban J connectivity index is 2.41. The van der Waals surface area contributed by atoms with Crippen LogP contribution < -0.4 is 0 Å². The van der Waals surface area contributed by atoms with E-state index >= 15 is 0 Å². The van der Waals surface area contributed by atoms with E-state index in [2.05, 4.69) is 10.1 Å². The topological polar surface area (TPSA) is 52.1 Å². The van der Waals surface area contributed by atoms with E-state index in [1.54, 1.807) is 6.07 Å². The van der Waals surface area contributed by atoms with Crippen LogP contribution in [0.25, 0.3) is 11.6 Å². The summed E-state index contributed by atoms with van der Waals surface area (Å²) in [7, 11) is 0. The molecule has 0 fully saturated rings. The second kappa shape index (κ2) is 3.84. The van der Waals surface area contributed by atoms with Crippen LogP contribution in [0.4, 0.5) is 0 Å². The molecule has 0 aliphatic carbocycles. The molecule has 0 N–H and O–H groups in total. The highest BCUT2D eigenvalue weighted by Crippen LogP contribution is 2.21. The molecule has 0 aliphatic rings. The van der Waals surface area contributed by atoms with Crippen LogP contribution in [-0.4, -0.2) is 10.1 Å². The second-order valence-corrected chi connectivity index (χ2v) is 3.03. The van der Waals surface area contributed by atoms with Gasteiger partial charge in [-0.25, -0.2) is 4.98 Å². The van der Waals surface area contributed by atoms with E-state index in [1.165, 1.54) is 6.26 Å². The molecular weight excluding hydrogens is 204 g/mol. The molecular formula is C9H9ClN2O2. The molecule has 0 amide bonds. The second-order valence-electron chi connectivity index (χ2n) is 2.76. The van der Waals surface area contributed by atoms with Crippen LogP contribution in [0.1, 0.15) is 18.4 Å². The molecule has 0 bridgehead atoms. The predicted molar refractivity (Wildman–Crippen MR) is 50.9 cm³/mol. The molecule has 14 heavy (non-hydrogen) atoms. The summed E-state index contributed by atoms with van der Waals surface area (Å²) in [4.78, 5) is 4.27. The van der Waals surface area contributed by atoms with Crippen LogP contribution >= 0.6 is 11.6 Å². The highest BCUT2D eigenvalue weighted by Gasteiger charge is 2.13. The molecule has 74 valence electrons. The molecule has 5 heteroatoms. The molecule has 0 saturated heterocycles. The van der Waals surface area contributed by atoms with E-state index in [-0.39, 0.29) is 0 Å². The van der Waals surface area contributed by atoms with Crippen LogP contribution in [0.3, 0.4) is 0 Å². The van der Waals surface area contributed by atoms with Gasteiger partial charge in [0.1, 0.15) is 12.0 Å². The highest BCUT2D eigenvalue weighted by molar-refractivity contribution is 6.16. The molecule has 4 nitrogen and oxygen atoms in total. The zero-order valence-electron chi connectivity index (χ0n) is 7.66. The summed E-state index contributed by atoms with van der Waals surface area (Å²) in [6.07, 6.45) is 2.27. The number of aromatic nitrogens is 2. The van der Waals surface area contributed by atoms with Crippen molar-refractivity contribution in [1.29, 1.82) is 0 Å². The zero-order chi connectivity index (χ0) is 9.97. The normalized spacial score (nSPS) is 10.7. The Hall–Kier alpha value is -1.29. The van der Waals surface area contributed by atoms with Gasteiger partial charge in [0.15, 0.2) is 5.69 Å². The molecule has 0 aromatic carbocycles. The Morgan fingerprint density at radius 3 is 2.86 bits per heavy atom. The van der Waals surface area contributed by atoms with Gasteiger partial charge in [-0.05, 0) is 6.42 Å². The van der Waals surface area contributed by atoms with Crippen LogP contribution in [0.5, 0.6) is 0 Å². The van der Waals surface area contributed by atoms with Crippen LogP contribution in [0.15, 0.2) is 21.3 Å². The molecule has 2 heterocycles. The van der Waals surface area contributed by atoms with Gasteiger partial charge in [-0.15, -0.1) is 11.6 Å². The third-order valence-corrected chi connectivity index (χ3v) is 2.13. The van der Waals surface area contributed by atoms with E-state index in [4.69, 9.17) is 20.5 Å². The first-order valence-corrected chi connectivity index (χ1v) is 4.84. The highest BCUT2D eigenvalue weighted by atomic mass is 35.5. The van der Waals surface area contributed by atoms with Crippen LogP contribution in [0, 0.1) is 0 Å². The number of alkyl halides is 1. The van der Waals surface area contributed by atoms with Gasteiger partial charge in [0.05, 0.1) is 11.6 Å². The van der Waals surface area contributed by atoms with Gasteiger partial charge in [0, 0.05) is 6.07 Å². The Labute approximate surface area is 85.9 Å². The van der Waals surface area contributed by atoms with E-state index < -0.39 is 0 Å². The lowest BCUT2D eigenvalue weighted by Gasteiger charge is -1.88. The van der Waals surface area contributed by atoms with E-state index in [9.17, 15) is 0 Å². The summed E-state index contributed by atoms with van der Waals surface area (Å²) in [5.41, 5.74) is 1.47. The maximum absolute atomic E-state index is 5.71. The summed E-state index contributed by atoms with van der Waals surface area (Å²) in [6, 6.07) is 1.70. The first-order valence-electron chi connectivity index (χ1n) is 4.30. The lowest BCUT2D eigenvalue weighted by molar-refractivity contribution is 0.418. The van der Waals surface area contributed by atoms with Gasteiger partial charge >= 0.3 is 0 Å². The molecule has 2 aromatic rings. The summed E-state index contributed by atoms with van der Waals surface area (Å²) in [5, 5.41) is 3.74. The Kier molecular flexibility index (Phi) is 2.54. The number of rotatable bonds is 3. The Morgan fingerprint density at radius 2 is 2.36 bits per heavy atom. The van der Waals surface area contributed by atoms with Gasteiger partial charge in [-0.3, -0.25) is 0 Å². The third kappa shape index (κ3) is 1.53. The Bertz CT molecular complexity index is 387. The van der Waals surface area contributed by atoms with Crippen molar-refractivity contribution in [2.45, 2.75) is 19.2 Å². The van der Waals surface area contributed by atoms with Crippen molar-refractivity contribution in [3.8, 4) is 11.6 Å². The predicted octanol–water partition coefficient (Wildman–Crippen LogP) is 2.63. The first-order chi connectivity index (χ1) is 6.85. The lowest BCUT2D eigenvalue weighted by Crippen LogP contribution is -1.84. The van der Waals surface area contributed by atoms with Gasteiger partial charge < -0.3 is 8.94 Å². The third-order valence-electron chi connectivity index (χ3n) is 1.89. The molecule has 2 aromatic heterocycles. The SMILES string of the molecule is CCc1nc(-c2ccon2)oc1CCl. The van der Waals surface area contributed by atoms with Crippen molar-refractivity contribution >= 4 is 11.6 Å². The number of nitrogens with zero attached hydrogens (tertiary/aromatic N) is 2. The summed E-state index contributed by atoms with van der Waals surface area (Å²) in [6.45, 7) is 2.00. The maximum atomic E-state index is 5.71. The van der Waals surface area contributed by atoms with Crippen molar-refractivity contribution in [2.24, 2.45) is 0 Å². The largest absolute Gasteiger partial charge is 0.438 e. The fourth-order valence-corrected chi connectivity index (χ4v) is 1.41. The average molecular weight is 213 g/mol. The van der Waals surface area contributed by atoms with Crippen molar-refractivity contribution in [3.63, 3.8) is 0 Å². The zero-order valence-corrected chi connectivity index (χ0v) is 8.41. The minimum atomic E-state index is 0.327. The quantitative estimate of drug-likeness (QED) is 0.734. The number of oxazole rings is 1. The molecule has 0 unspecified atom stereocenters. The van der Waals surface area contributed by atoms with Gasteiger partial charge in [-0.1, -0.05) is 12.1 Å². The molecule has 0 radical (unpaired) electrons. The summed E-state index contributed by atoms with van der Waals surface area (Å²) in [5.74, 6) is 1.49. The van der Waals surface area contributed by atoms with Crippen LogP contribution in [-0.2, 0) is 12.3 Å². The smallest absolute Gasteiger partial charge is 0.249 e. The number of halogens is 1. The molecule has 0 aliphatic heterocycles. The number of hydrogen-bond donors (Lipinski definition) is 0. The van der Waals surface area contributed by atoms with Gasteiger partial charge in [0.25, 0.3) is 0 Å². The van der Waals surface area contributed by atoms with Crippen molar-refractivity contribution in [3.05, 3.63) is 23.8 Å². The monoisotopic (exact) mass is 212 g/mol. The van der Waals surface area contributed by atoms with E-state index in [0.29, 0.717) is 23.2 Å². The number of aryl methyl sites for hydroxylation is 1. The van der Waals surface area contributed by atoms with E-state index in [0.717, 1.165) is 12.1 Å². The summed E-state index contributed by atoms with van der Waals surface area (Å²) >= 11 is 5.71. The van der Waals surface area contributed by atoms with Crippen LogP contribution in [0.2, 0.25) is 0 Å². The minimum absolute atomic E-state index is 0.327.